The van der Waals surface area contributed by atoms with Gasteiger partial charge < -0.3 is 14.8 Å². The van der Waals surface area contributed by atoms with Crippen LogP contribution in [0.15, 0.2) is 21.7 Å². The summed E-state index contributed by atoms with van der Waals surface area (Å²) in [5.41, 5.74) is 6.41. The maximum absolute atomic E-state index is 12.3. The monoisotopic (exact) mass is 313 g/mol. The number of sulfonamides is 1. The van der Waals surface area contributed by atoms with Gasteiger partial charge in [0.1, 0.15) is 0 Å². The van der Waals surface area contributed by atoms with E-state index in [1.807, 2.05) is 18.4 Å². The molecule has 0 bridgehead atoms. The Labute approximate surface area is 123 Å². The van der Waals surface area contributed by atoms with Crippen molar-refractivity contribution in [3.63, 3.8) is 0 Å². The van der Waals surface area contributed by atoms with Crippen molar-refractivity contribution >= 4 is 10.0 Å². The second kappa shape index (κ2) is 5.96. The average Bonchev–Trinajstić information content (AvgIpc) is 3.02. The third kappa shape index (κ3) is 3.49. The molecule has 2 rings (SSSR count). The number of aromatic nitrogens is 3. The molecule has 0 aliphatic rings. The standard InChI is InChI=1S/C12H19N5O3S/c1-8(2)17-7-11(4-10(17)5-13)21(18,19)14-6-12-15-9(3)16-20-12/h4,7-8,14H,5-6,13H2,1-3H3. The zero-order valence-electron chi connectivity index (χ0n) is 12.2. The average molecular weight is 313 g/mol. The lowest BCUT2D eigenvalue weighted by Crippen LogP contribution is -2.23. The highest BCUT2D eigenvalue weighted by Gasteiger charge is 2.19. The fourth-order valence-electron chi connectivity index (χ4n) is 1.94. The lowest BCUT2D eigenvalue weighted by Gasteiger charge is -2.10. The second-order valence-corrected chi connectivity index (χ2v) is 6.70. The van der Waals surface area contributed by atoms with Crippen molar-refractivity contribution in [3.8, 4) is 0 Å². The summed E-state index contributed by atoms with van der Waals surface area (Å²) in [7, 11) is -3.65. The summed E-state index contributed by atoms with van der Waals surface area (Å²) in [6, 6.07) is 1.70. The highest BCUT2D eigenvalue weighted by molar-refractivity contribution is 7.89. The molecule has 0 unspecified atom stereocenters. The Bertz CT molecular complexity index is 717. The number of hydrogen-bond acceptors (Lipinski definition) is 6. The lowest BCUT2D eigenvalue weighted by molar-refractivity contribution is 0.372. The summed E-state index contributed by atoms with van der Waals surface area (Å²) in [5.74, 6) is 0.680. The minimum absolute atomic E-state index is 0.0476. The Balaban J connectivity index is 2.19. The molecule has 2 aromatic rings. The van der Waals surface area contributed by atoms with Gasteiger partial charge in [0.15, 0.2) is 5.82 Å². The van der Waals surface area contributed by atoms with Crippen molar-refractivity contribution in [1.29, 1.82) is 0 Å². The van der Waals surface area contributed by atoms with E-state index in [9.17, 15) is 8.42 Å². The zero-order chi connectivity index (χ0) is 15.6. The highest BCUT2D eigenvalue weighted by atomic mass is 32.2. The fraction of sp³-hybridized carbons (Fsp3) is 0.500. The molecular formula is C12H19N5O3S. The summed E-state index contributed by atoms with van der Waals surface area (Å²) in [6.45, 7) is 5.82. The molecule has 0 amide bonds. The number of aryl methyl sites for hydroxylation is 1. The summed E-state index contributed by atoms with van der Waals surface area (Å²) >= 11 is 0. The van der Waals surface area contributed by atoms with E-state index >= 15 is 0 Å². The van der Waals surface area contributed by atoms with Gasteiger partial charge in [-0.1, -0.05) is 5.16 Å². The first-order valence-electron chi connectivity index (χ1n) is 6.53. The summed E-state index contributed by atoms with van der Waals surface area (Å²) in [4.78, 5) is 4.12. The van der Waals surface area contributed by atoms with Crippen LogP contribution >= 0.6 is 0 Å². The summed E-state index contributed by atoms with van der Waals surface area (Å²) in [5, 5.41) is 3.60. The Morgan fingerprint density at radius 1 is 1.48 bits per heavy atom. The van der Waals surface area contributed by atoms with Crippen LogP contribution in [0.25, 0.3) is 0 Å². The molecule has 0 radical (unpaired) electrons. The Morgan fingerprint density at radius 2 is 2.19 bits per heavy atom. The van der Waals surface area contributed by atoms with Gasteiger partial charge in [0.05, 0.1) is 11.4 Å². The van der Waals surface area contributed by atoms with Crippen LogP contribution in [0, 0.1) is 6.92 Å². The Morgan fingerprint density at radius 3 is 2.67 bits per heavy atom. The maximum Gasteiger partial charge on any atom is 0.242 e. The largest absolute Gasteiger partial charge is 0.346 e. The Hall–Kier alpha value is -1.71. The van der Waals surface area contributed by atoms with Crippen molar-refractivity contribution in [2.45, 2.75) is 44.8 Å². The van der Waals surface area contributed by atoms with Crippen LogP contribution in [0.3, 0.4) is 0 Å². The van der Waals surface area contributed by atoms with E-state index in [0.29, 0.717) is 5.82 Å². The van der Waals surface area contributed by atoms with Crippen LogP contribution in [0.5, 0.6) is 0 Å². The molecule has 0 aromatic carbocycles. The normalized spacial score (nSPS) is 12.2. The third-order valence-electron chi connectivity index (χ3n) is 2.97. The predicted molar refractivity (Wildman–Crippen MR) is 75.8 cm³/mol. The van der Waals surface area contributed by atoms with E-state index in [1.54, 1.807) is 19.2 Å². The maximum atomic E-state index is 12.3. The van der Waals surface area contributed by atoms with E-state index < -0.39 is 10.0 Å². The molecule has 0 aliphatic carbocycles. The van der Waals surface area contributed by atoms with Gasteiger partial charge in [-0.25, -0.2) is 13.1 Å². The summed E-state index contributed by atoms with van der Waals surface area (Å²) in [6.07, 6.45) is 1.58. The van der Waals surface area contributed by atoms with Gasteiger partial charge in [-0.2, -0.15) is 4.98 Å². The molecular weight excluding hydrogens is 294 g/mol. The van der Waals surface area contributed by atoms with E-state index in [0.717, 1.165) is 5.69 Å². The molecule has 2 aromatic heterocycles. The number of nitrogens with two attached hydrogens (primary N) is 1. The number of nitrogens with one attached hydrogen (secondary N) is 1. The van der Waals surface area contributed by atoms with E-state index in [2.05, 4.69) is 14.9 Å². The lowest BCUT2D eigenvalue weighted by atomic mass is 10.3. The van der Waals surface area contributed by atoms with Crippen molar-refractivity contribution in [2.24, 2.45) is 5.73 Å². The molecule has 0 saturated carbocycles. The summed E-state index contributed by atoms with van der Waals surface area (Å²) < 4.78 is 33.7. The predicted octanol–water partition coefficient (Wildman–Crippen LogP) is 0.698. The molecule has 0 aliphatic heterocycles. The molecule has 0 saturated heterocycles. The van der Waals surface area contributed by atoms with E-state index in [4.69, 9.17) is 10.3 Å². The van der Waals surface area contributed by atoms with Crippen molar-refractivity contribution in [2.75, 3.05) is 0 Å². The van der Waals surface area contributed by atoms with Crippen LogP contribution in [0.4, 0.5) is 0 Å². The molecule has 116 valence electrons. The van der Waals surface area contributed by atoms with Gasteiger partial charge in [0.25, 0.3) is 0 Å². The number of nitrogens with zero attached hydrogens (tertiary/aromatic N) is 3. The van der Waals surface area contributed by atoms with E-state index in [1.165, 1.54) is 0 Å². The molecule has 0 fully saturated rings. The minimum Gasteiger partial charge on any atom is -0.346 e. The quantitative estimate of drug-likeness (QED) is 0.811. The van der Waals surface area contributed by atoms with Crippen LogP contribution in [0.1, 0.15) is 37.3 Å². The molecule has 3 N–H and O–H groups in total. The number of hydrogen-bond donors (Lipinski definition) is 2. The van der Waals surface area contributed by atoms with Gasteiger partial charge in [-0.15, -0.1) is 0 Å². The Kier molecular flexibility index (Phi) is 4.45. The SMILES string of the molecule is Cc1noc(CNS(=O)(=O)c2cc(CN)n(C(C)C)c2)n1. The van der Waals surface area contributed by atoms with Crippen LogP contribution in [-0.2, 0) is 23.1 Å². The first-order valence-corrected chi connectivity index (χ1v) is 8.01. The molecule has 0 spiro atoms. The topological polar surface area (TPSA) is 116 Å². The van der Waals surface area contributed by atoms with Crippen molar-refractivity contribution in [1.82, 2.24) is 19.4 Å². The van der Waals surface area contributed by atoms with Gasteiger partial charge in [-0.05, 0) is 26.8 Å². The van der Waals surface area contributed by atoms with Gasteiger partial charge in [0, 0.05) is 24.5 Å². The molecule has 0 atom stereocenters. The number of rotatable bonds is 6. The van der Waals surface area contributed by atoms with Gasteiger partial charge in [0.2, 0.25) is 15.9 Å². The molecule has 8 nitrogen and oxygen atoms in total. The van der Waals surface area contributed by atoms with Crippen LogP contribution in [0.2, 0.25) is 0 Å². The molecule has 9 heteroatoms. The first-order chi connectivity index (χ1) is 9.83. The highest BCUT2D eigenvalue weighted by Crippen LogP contribution is 2.18. The van der Waals surface area contributed by atoms with E-state index in [-0.39, 0.29) is 29.9 Å². The third-order valence-corrected chi connectivity index (χ3v) is 4.33. The van der Waals surface area contributed by atoms with Gasteiger partial charge >= 0.3 is 0 Å². The minimum atomic E-state index is -3.65. The molecule has 2 heterocycles. The smallest absolute Gasteiger partial charge is 0.242 e. The van der Waals surface area contributed by atoms with Crippen LogP contribution in [-0.4, -0.2) is 23.1 Å². The zero-order valence-corrected chi connectivity index (χ0v) is 13.0. The van der Waals surface area contributed by atoms with Crippen molar-refractivity contribution < 1.29 is 12.9 Å². The van der Waals surface area contributed by atoms with Crippen LogP contribution < -0.4 is 10.5 Å². The first kappa shape index (κ1) is 15.7. The fourth-order valence-corrected chi connectivity index (χ4v) is 2.96. The van der Waals surface area contributed by atoms with Crippen molar-refractivity contribution in [3.05, 3.63) is 29.7 Å². The molecule has 21 heavy (non-hydrogen) atoms. The van der Waals surface area contributed by atoms with Gasteiger partial charge in [-0.3, -0.25) is 0 Å². The second-order valence-electron chi connectivity index (χ2n) is 4.93.